The van der Waals surface area contributed by atoms with Gasteiger partial charge in [0, 0.05) is 13.1 Å². The molecule has 1 heterocycles. The number of likely N-dealkylation sites (tertiary alicyclic amines) is 1. The molecule has 0 aliphatic carbocycles. The van der Waals surface area contributed by atoms with Gasteiger partial charge in [-0.25, -0.2) is 0 Å². The number of amides is 1. The molecule has 1 unspecified atom stereocenters. The number of carbonyl (C=O) groups excluding carboxylic acids is 1. The maximum atomic E-state index is 12.3. The molecule has 0 radical (unpaired) electrons. The van der Waals surface area contributed by atoms with E-state index in [4.69, 9.17) is 5.73 Å². The fourth-order valence-corrected chi connectivity index (χ4v) is 2.32. The van der Waals surface area contributed by atoms with Crippen LogP contribution in [0.3, 0.4) is 0 Å². The third-order valence-electron chi connectivity index (χ3n) is 3.85. The Kier molecular flexibility index (Phi) is 3.92. The molecule has 3 N–H and O–H groups in total. The highest BCUT2D eigenvalue weighted by Gasteiger charge is 2.31. The Morgan fingerprint density at radius 3 is 2.37 bits per heavy atom. The molecule has 1 saturated heterocycles. The van der Waals surface area contributed by atoms with Crippen LogP contribution in [0.5, 0.6) is 0 Å². The van der Waals surface area contributed by atoms with Gasteiger partial charge in [-0.05, 0) is 32.3 Å². The summed E-state index contributed by atoms with van der Waals surface area (Å²) in [5.41, 5.74) is 7.38. The molecule has 2 rings (SSSR count). The first-order chi connectivity index (χ1) is 8.89. The van der Waals surface area contributed by atoms with Crippen LogP contribution in [0.2, 0.25) is 0 Å². The summed E-state index contributed by atoms with van der Waals surface area (Å²) < 4.78 is 0. The van der Waals surface area contributed by atoms with Gasteiger partial charge in [-0.15, -0.1) is 0 Å². The summed E-state index contributed by atoms with van der Waals surface area (Å²) in [5.74, 6) is -0.0562. The van der Waals surface area contributed by atoms with Crippen molar-refractivity contribution in [1.29, 1.82) is 0 Å². The summed E-state index contributed by atoms with van der Waals surface area (Å²) in [4.78, 5) is 14.1. The minimum atomic E-state index is -0.648. The molecule has 1 aromatic carbocycles. The van der Waals surface area contributed by atoms with Crippen LogP contribution in [-0.2, 0) is 4.79 Å². The SMILES string of the molecule is Cc1ccc(C(N)C(=O)N2CCC(C)(O)CC2)cc1. The maximum Gasteiger partial charge on any atom is 0.244 e. The van der Waals surface area contributed by atoms with Crippen LogP contribution in [0.1, 0.15) is 36.9 Å². The Morgan fingerprint density at radius 2 is 1.84 bits per heavy atom. The number of rotatable bonds is 2. The van der Waals surface area contributed by atoms with Crippen molar-refractivity contribution < 1.29 is 9.90 Å². The first-order valence-electron chi connectivity index (χ1n) is 6.72. The molecule has 4 nitrogen and oxygen atoms in total. The van der Waals surface area contributed by atoms with Crippen molar-refractivity contribution in [3.8, 4) is 0 Å². The maximum absolute atomic E-state index is 12.3. The smallest absolute Gasteiger partial charge is 0.244 e. The molecule has 1 fully saturated rings. The zero-order chi connectivity index (χ0) is 14.0. The van der Waals surface area contributed by atoms with Gasteiger partial charge in [0.1, 0.15) is 6.04 Å². The van der Waals surface area contributed by atoms with E-state index in [-0.39, 0.29) is 5.91 Å². The molecule has 0 aromatic heterocycles. The quantitative estimate of drug-likeness (QED) is 0.846. The van der Waals surface area contributed by atoms with Gasteiger partial charge in [0.2, 0.25) is 5.91 Å². The van der Waals surface area contributed by atoms with Crippen LogP contribution in [-0.4, -0.2) is 34.6 Å². The molecule has 0 saturated carbocycles. The highest BCUT2D eigenvalue weighted by molar-refractivity contribution is 5.83. The second-order valence-corrected chi connectivity index (χ2v) is 5.71. The van der Waals surface area contributed by atoms with Crippen LogP contribution in [0.15, 0.2) is 24.3 Å². The zero-order valence-electron chi connectivity index (χ0n) is 11.6. The lowest BCUT2D eigenvalue weighted by Crippen LogP contribution is -2.47. The van der Waals surface area contributed by atoms with Gasteiger partial charge in [0.15, 0.2) is 0 Å². The van der Waals surface area contributed by atoms with E-state index in [1.54, 1.807) is 4.90 Å². The summed E-state index contributed by atoms with van der Waals surface area (Å²) in [7, 11) is 0. The Labute approximate surface area is 114 Å². The first-order valence-corrected chi connectivity index (χ1v) is 6.72. The van der Waals surface area contributed by atoms with E-state index in [2.05, 4.69) is 0 Å². The molecule has 4 heteroatoms. The minimum absolute atomic E-state index is 0.0562. The van der Waals surface area contributed by atoms with Crippen LogP contribution < -0.4 is 5.73 Å². The number of nitrogens with zero attached hydrogens (tertiary/aromatic N) is 1. The van der Waals surface area contributed by atoms with Gasteiger partial charge in [-0.1, -0.05) is 29.8 Å². The number of piperidine rings is 1. The van der Waals surface area contributed by atoms with Crippen molar-refractivity contribution in [2.45, 2.75) is 38.3 Å². The van der Waals surface area contributed by atoms with E-state index >= 15 is 0 Å². The highest BCUT2D eigenvalue weighted by atomic mass is 16.3. The lowest BCUT2D eigenvalue weighted by molar-refractivity contribution is -0.136. The molecule has 1 amide bonds. The number of carbonyl (C=O) groups is 1. The van der Waals surface area contributed by atoms with Crippen molar-refractivity contribution in [3.05, 3.63) is 35.4 Å². The van der Waals surface area contributed by atoms with E-state index in [1.165, 1.54) is 0 Å². The molecule has 1 aliphatic heterocycles. The first kappa shape index (κ1) is 14.0. The molecule has 104 valence electrons. The number of nitrogens with two attached hydrogens (primary N) is 1. The number of aryl methyl sites for hydroxylation is 1. The number of hydrogen-bond donors (Lipinski definition) is 2. The predicted octanol–water partition coefficient (Wildman–Crippen LogP) is 1.37. The van der Waals surface area contributed by atoms with E-state index in [0.717, 1.165) is 11.1 Å². The lowest BCUT2D eigenvalue weighted by Gasteiger charge is -2.36. The monoisotopic (exact) mass is 262 g/mol. The minimum Gasteiger partial charge on any atom is -0.390 e. The van der Waals surface area contributed by atoms with Crippen LogP contribution in [0, 0.1) is 6.92 Å². The summed E-state index contributed by atoms with van der Waals surface area (Å²) in [6, 6.07) is 7.12. The average molecular weight is 262 g/mol. The highest BCUT2D eigenvalue weighted by Crippen LogP contribution is 2.23. The van der Waals surface area contributed by atoms with Crippen molar-refractivity contribution in [3.63, 3.8) is 0 Å². The second kappa shape index (κ2) is 5.31. The van der Waals surface area contributed by atoms with E-state index in [9.17, 15) is 9.90 Å². The number of aliphatic hydroxyl groups is 1. The van der Waals surface area contributed by atoms with Crippen LogP contribution in [0.4, 0.5) is 0 Å². The van der Waals surface area contributed by atoms with Gasteiger partial charge in [0.05, 0.1) is 5.60 Å². The Balaban J connectivity index is 2.02. The Hall–Kier alpha value is -1.39. The molecule has 0 bridgehead atoms. The summed E-state index contributed by atoms with van der Waals surface area (Å²) >= 11 is 0. The van der Waals surface area contributed by atoms with Crippen molar-refractivity contribution >= 4 is 5.91 Å². The van der Waals surface area contributed by atoms with E-state index < -0.39 is 11.6 Å². The number of hydrogen-bond acceptors (Lipinski definition) is 3. The van der Waals surface area contributed by atoms with Crippen LogP contribution >= 0.6 is 0 Å². The summed E-state index contributed by atoms with van der Waals surface area (Å²) in [5, 5.41) is 9.89. The third-order valence-corrected chi connectivity index (χ3v) is 3.85. The molecular formula is C15H22N2O2. The average Bonchev–Trinajstić information content (AvgIpc) is 2.38. The predicted molar refractivity (Wildman–Crippen MR) is 74.5 cm³/mol. The van der Waals surface area contributed by atoms with Crippen molar-refractivity contribution in [1.82, 2.24) is 4.90 Å². The Morgan fingerprint density at radius 1 is 1.32 bits per heavy atom. The summed E-state index contributed by atoms with van der Waals surface area (Å²) in [6.07, 6.45) is 1.22. The van der Waals surface area contributed by atoms with Crippen molar-refractivity contribution in [2.24, 2.45) is 5.73 Å². The van der Waals surface area contributed by atoms with E-state index in [1.807, 2.05) is 38.1 Å². The normalized spacial score (nSPS) is 20.1. The standard InChI is InChI=1S/C15H22N2O2/c1-11-3-5-12(6-4-11)13(16)14(18)17-9-7-15(2,19)8-10-17/h3-6,13,19H,7-10,16H2,1-2H3. The molecule has 1 aliphatic rings. The van der Waals surface area contributed by atoms with Crippen molar-refractivity contribution in [2.75, 3.05) is 13.1 Å². The largest absolute Gasteiger partial charge is 0.390 e. The molecule has 1 aromatic rings. The van der Waals surface area contributed by atoms with E-state index in [0.29, 0.717) is 25.9 Å². The van der Waals surface area contributed by atoms with Gasteiger partial charge >= 0.3 is 0 Å². The van der Waals surface area contributed by atoms with Gasteiger partial charge in [-0.2, -0.15) is 0 Å². The van der Waals surface area contributed by atoms with Crippen LogP contribution in [0.25, 0.3) is 0 Å². The third kappa shape index (κ3) is 3.33. The molecule has 19 heavy (non-hydrogen) atoms. The van der Waals surface area contributed by atoms with Gasteiger partial charge < -0.3 is 15.7 Å². The molecule has 1 atom stereocenters. The second-order valence-electron chi connectivity index (χ2n) is 5.71. The Bertz CT molecular complexity index is 444. The molecule has 0 spiro atoms. The molecular weight excluding hydrogens is 240 g/mol. The zero-order valence-corrected chi connectivity index (χ0v) is 11.6. The summed E-state index contributed by atoms with van der Waals surface area (Å²) in [6.45, 7) is 4.97. The van der Waals surface area contributed by atoms with Gasteiger partial charge in [0.25, 0.3) is 0 Å². The fourth-order valence-electron chi connectivity index (χ4n) is 2.32. The lowest BCUT2D eigenvalue weighted by atomic mass is 9.93. The topological polar surface area (TPSA) is 66.6 Å². The van der Waals surface area contributed by atoms with Gasteiger partial charge in [-0.3, -0.25) is 4.79 Å². The fraction of sp³-hybridized carbons (Fsp3) is 0.533. The number of benzene rings is 1.